The van der Waals surface area contributed by atoms with Crippen LogP contribution in [0.1, 0.15) is 11.1 Å². The average Bonchev–Trinajstić information content (AvgIpc) is 2.83. The zero-order valence-electron chi connectivity index (χ0n) is 9.48. The lowest BCUT2D eigenvalue weighted by Crippen LogP contribution is -2.13. The van der Waals surface area contributed by atoms with E-state index >= 15 is 0 Å². The van der Waals surface area contributed by atoms with Gasteiger partial charge in [0.2, 0.25) is 0 Å². The van der Waals surface area contributed by atoms with Gasteiger partial charge in [-0.2, -0.15) is 8.80 Å². The molecule has 2 aromatic carbocycles. The molecule has 0 bridgehead atoms. The molecule has 0 fully saturated rings. The van der Waals surface area contributed by atoms with Crippen molar-refractivity contribution in [3.8, 4) is 0 Å². The third-order valence-electron chi connectivity index (χ3n) is 2.66. The number of hydrogen-bond acceptors (Lipinski definition) is 1. The minimum Gasteiger partial charge on any atom is -0.209 e. The molecule has 0 saturated carbocycles. The van der Waals surface area contributed by atoms with Gasteiger partial charge in [-0.05, 0) is 0 Å². The van der Waals surface area contributed by atoms with E-state index in [1.807, 2.05) is 60.7 Å². The van der Waals surface area contributed by atoms with Gasteiger partial charge in [0.15, 0.2) is 0 Å². The van der Waals surface area contributed by atoms with E-state index in [1.54, 1.807) is 0 Å². The maximum absolute atomic E-state index is 11.5. The van der Waals surface area contributed by atoms with Crippen molar-refractivity contribution < 1.29 is 4.21 Å². The van der Waals surface area contributed by atoms with Gasteiger partial charge < -0.3 is 0 Å². The maximum atomic E-state index is 11.5. The summed E-state index contributed by atoms with van der Waals surface area (Å²) in [6.45, 7) is 0. The van der Waals surface area contributed by atoms with Crippen LogP contribution in [0.2, 0.25) is 0 Å². The quantitative estimate of drug-likeness (QED) is 0.812. The fraction of sp³-hybridized carbons (Fsp3) is 0. The Morgan fingerprint density at radius 1 is 0.667 bits per heavy atom. The third-order valence-corrected chi connectivity index (χ3v) is 3.34. The minimum atomic E-state index is -1.51. The Kier molecular flexibility index (Phi) is 2.86. The summed E-state index contributed by atoms with van der Waals surface area (Å²) >= 11 is -1.51. The van der Waals surface area contributed by atoms with Crippen molar-refractivity contribution >= 4 is 22.6 Å². The Hall–Kier alpha value is -2.07. The van der Waals surface area contributed by atoms with Crippen LogP contribution in [-0.4, -0.2) is 15.6 Å². The van der Waals surface area contributed by atoms with E-state index in [9.17, 15) is 4.21 Å². The smallest absolute Gasteiger partial charge is 0.209 e. The summed E-state index contributed by atoms with van der Waals surface area (Å²) in [5.74, 6) is 0. The van der Waals surface area contributed by atoms with E-state index in [0.29, 0.717) is 11.4 Å². The van der Waals surface area contributed by atoms with E-state index in [1.165, 1.54) is 0 Å². The zero-order valence-corrected chi connectivity index (χ0v) is 10.3. The second-order valence-electron chi connectivity index (χ2n) is 3.84. The molecule has 0 amide bonds. The Bertz CT molecular complexity index is 591. The molecule has 0 atom stereocenters. The molecular weight excluding hydrogens is 244 g/mol. The van der Waals surface area contributed by atoms with Gasteiger partial charge in [-0.25, -0.2) is 4.21 Å². The van der Waals surface area contributed by atoms with Crippen LogP contribution in [0.15, 0.2) is 69.5 Å². The molecule has 18 heavy (non-hydrogen) atoms. The Morgan fingerprint density at radius 3 is 1.44 bits per heavy atom. The fourth-order valence-corrected chi connectivity index (χ4v) is 2.57. The summed E-state index contributed by atoms with van der Waals surface area (Å²) in [6.07, 6.45) is 0. The normalized spacial score (nSPS) is 15.3. The maximum Gasteiger partial charge on any atom is 0.266 e. The number of rotatable bonds is 2. The molecule has 4 heteroatoms. The molecule has 3 nitrogen and oxygen atoms in total. The highest BCUT2D eigenvalue weighted by Crippen LogP contribution is 2.16. The Balaban J connectivity index is 2.09. The molecule has 1 aliphatic rings. The molecule has 88 valence electrons. The van der Waals surface area contributed by atoms with Crippen LogP contribution >= 0.6 is 0 Å². The van der Waals surface area contributed by atoms with Crippen molar-refractivity contribution in [1.29, 1.82) is 0 Å². The summed E-state index contributed by atoms with van der Waals surface area (Å²) in [6, 6.07) is 19.4. The highest BCUT2D eigenvalue weighted by molar-refractivity contribution is 7.83. The lowest BCUT2D eigenvalue weighted by atomic mass is 10.0. The monoisotopic (exact) mass is 254 g/mol. The number of hydrogen-bond donors (Lipinski definition) is 0. The van der Waals surface area contributed by atoms with Crippen LogP contribution < -0.4 is 0 Å². The molecule has 0 unspecified atom stereocenters. The highest BCUT2D eigenvalue weighted by atomic mass is 32.2. The topological polar surface area (TPSA) is 41.8 Å². The number of nitrogens with zero attached hydrogens (tertiary/aromatic N) is 2. The van der Waals surface area contributed by atoms with E-state index < -0.39 is 11.2 Å². The molecule has 2 aromatic rings. The second-order valence-corrected chi connectivity index (χ2v) is 4.67. The van der Waals surface area contributed by atoms with Gasteiger partial charge in [0.25, 0.3) is 11.2 Å². The van der Waals surface area contributed by atoms with Crippen molar-refractivity contribution in [2.75, 3.05) is 0 Å². The van der Waals surface area contributed by atoms with Gasteiger partial charge >= 0.3 is 0 Å². The molecule has 1 heterocycles. The lowest BCUT2D eigenvalue weighted by Gasteiger charge is -2.04. The second kappa shape index (κ2) is 4.66. The summed E-state index contributed by atoms with van der Waals surface area (Å²) in [5, 5.41) is 0. The van der Waals surface area contributed by atoms with Crippen molar-refractivity contribution in [2.24, 2.45) is 8.80 Å². The molecule has 0 N–H and O–H groups in total. The summed E-state index contributed by atoms with van der Waals surface area (Å²) in [7, 11) is 0. The number of benzene rings is 2. The molecule has 0 aliphatic carbocycles. The molecule has 0 spiro atoms. The zero-order chi connectivity index (χ0) is 12.4. The van der Waals surface area contributed by atoms with Crippen LogP contribution in [-0.2, 0) is 11.2 Å². The van der Waals surface area contributed by atoms with Crippen molar-refractivity contribution in [1.82, 2.24) is 0 Å². The molecular formula is C14H10N2OS. The molecule has 0 radical (unpaired) electrons. The van der Waals surface area contributed by atoms with E-state index in [2.05, 4.69) is 8.80 Å². The molecule has 1 aliphatic heterocycles. The van der Waals surface area contributed by atoms with Gasteiger partial charge in [-0.15, -0.1) is 0 Å². The lowest BCUT2D eigenvalue weighted by molar-refractivity contribution is 0.686. The van der Waals surface area contributed by atoms with Gasteiger partial charge in [0.1, 0.15) is 11.4 Å². The van der Waals surface area contributed by atoms with Gasteiger partial charge in [0, 0.05) is 11.1 Å². The van der Waals surface area contributed by atoms with Crippen LogP contribution in [0.5, 0.6) is 0 Å². The predicted molar refractivity (Wildman–Crippen MR) is 74.1 cm³/mol. The van der Waals surface area contributed by atoms with Gasteiger partial charge in [0.05, 0.1) is 0 Å². The fourth-order valence-electron chi connectivity index (χ4n) is 1.83. The molecule has 0 saturated heterocycles. The molecule has 3 rings (SSSR count). The summed E-state index contributed by atoms with van der Waals surface area (Å²) < 4.78 is 19.8. The average molecular weight is 254 g/mol. The third kappa shape index (κ3) is 2.02. The van der Waals surface area contributed by atoms with Crippen molar-refractivity contribution in [2.45, 2.75) is 0 Å². The summed E-state index contributed by atoms with van der Waals surface area (Å²) in [4.78, 5) is 0. The Morgan fingerprint density at radius 2 is 1.06 bits per heavy atom. The SMILES string of the molecule is O=S1N=C(c2ccccc2)C(c2ccccc2)=N1. The van der Waals surface area contributed by atoms with Crippen LogP contribution in [0.3, 0.4) is 0 Å². The van der Waals surface area contributed by atoms with Gasteiger partial charge in [-0.1, -0.05) is 60.7 Å². The van der Waals surface area contributed by atoms with Crippen LogP contribution in [0, 0.1) is 0 Å². The van der Waals surface area contributed by atoms with E-state index in [4.69, 9.17) is 0 Å². The van der Waals surface area contributed by atoms with Crippen LogP contribution in [0.25, 0.3) is 0 Å². The Labute approximate surface area is 108 Å². The largest absolute Gasteiger partial charge is 0.266 e. The van der Waals surface area contributed by atoms with Crippen molar-refractivity contribution in [3.05, 3.63) is 71.8 Å². The van der Waals surface area contributed by atoms with E-state index in [0.717, 1.165) is 11.1 Å². The molecule has 0 aromatic heterocycles. The first kappa shape index (κ1) is 11.0. The summed E-state index contributed by atoms with van der Waals surface area (Å²) in [5.41, 5.74) is 3.26. The van der Waals surface area contributed by atoms with E-state index in [-0.39, 0.29) is 0 Å². The minimum absolute atomic E-state index is 0.695. The first-order valence-corrected chi connectivity index (χ1v) is 6.61. The first-order valence-electron chi connectivity index (χ1n) is 5.55. The predicted octanol–water partition coefficient (Wildman–Crippen LogP) is 2.56. The standard InChI is InChI=1S/C14H10N2OS/c17-18-15-13(11-7-3-1-4-8-11)14(16-18)12-9-5-2-6-10-12/h1-10H. The highest BCUT2D eigenvalue weighted by Gasteiger charge is 2.21. The van der Waals surface area contributed by atoms with Crippen molar-refractivity contribution in [3.63, 3.8) is 0 Å². The van der Waals surface area contributed by atoms with Gasteiger partial charge in [-0.3, -0.25) is 0 Å². The first-order chi connectivity index (χ1) is 8.84. The van der Waals surface area contributed by atoms with Crippen LogP contribution in [0.4, 0.5) is 0 Å².